The van der Waals surface area contributed by atoms with E-state index in [1.165, 1.54) is 0 Å². The summed E-state index contributed by atoms with van der Waals surface area (Å²) >= 11 is 0. The Hall–Kier alpha value is -1.55. The molecule has 0 aromatic heterocycles. The fourth-order valence-corrected chi connectivity index (χ4v) is 3.97. The molecule has 38 heavy (non-hydrogen) atoms. The van der Waals surface area contributed by atoms with Crippen molar-refractivity contribution in [2.24, 2.45) is 16.9 Å². The molecule has 0 aliphatic heterocycles. The van der Waals surface area contributed by atoms with E-state index >= 15 is 0 Å². The predicted octanol–water partition coefficient (Wildman–Crippen LogP) is 4.81. The zero-order valence-corrected chi connectivity index (χ0v) is 25.0. The largest absolute Gasteiger partial charge is 0.461 e. The van der Waals surface area contributed by atoms with Gasteiger partial charge >= 0.3 is 11.9 Å². The van der Waals surface area contributed by atoms with Gasteiger partial charge in [0.1, 0.15) is 23.5 Å². The number of rotatable bonds is 24. The van der Waals surface area contributed by atoms with Crippen molar-refractivity contribution in [1.82, 2.24) is 0 Å². The number of unbranched alkanes of at least 4 members (excludes halogenated alkanes) is 4. The molecule has 0 aliphatic rings. The number of hydrogen-bond acceptors (Lipinski definition) is 9. The van der Waals surface area contributed by atoms with Crippen LogP contribution in [0.2, 0.25) is 0 Å². The zero-order chi connectivity index (χ0) is 29.0. The first-order chi connectivity index (χ1) is 18.0. The molecule has 0 saturated heterocycles. The monoisotopic (exact) mass is 544 g/mol. The number of esters is 2. The molecule has 4 unspecified atom stereocenters. The summed E-state index contributed by atoms with van der Waals surface area (Å²) in [5.41, 5.74) is 9.85. The Labute approximate surface area is 231 Å². The number of carbonyl (C=O) groups excluding carboxylic acids is 3. The topological polar surface area (TPSA) is 140 Å². The molecule has 0 bridgehead atoms. The van der Waals surface area contributed by atoms with Gasteiger partial charge in [-0.2, -0.15) is 0 Å². The van der Waals surface area contributed by atoms with Crippen molar-refractivity contribution in [3.05, 3.63) is 0 Å². The lowest BCUT2D eigenvalue weighted by atomic mass is 9.75. The smallest absolute Gasteiger partial charge is 0.316 e. The molecular formula is C29H56N2O7. The molecule has 0 saturated carbocycles. The van der Waals surface area contributed by atoms with E-state index in [2.05, 4.69) is 0 Å². The van der Waals surface area contributed by atoms with Crippen LogP contribution < -0.4 is 11.5 Å². The Kier molecular flexibility index (Phi) is 19.5. The average molecular weight is 545 g/mol. The summed E-state index contributed by atoms with van der Waals surface area (Å²) in [5, 5.41) is 0. The highest BCUT2D eigenvalue weighted by Gasteiger charge is 2.51. The summed E-state index contributed by atoms with van der Waals surface area (Å²) in [6, 6.07) is 0. The lowest BCUT2D eigenvalue weighted by Gasteiger charge is -2.43. The van der Waals surface area contributed by atoms with Gasteiger partial charge in [0.25, 0.3) is 0 Å². The van der Waals surface area contributed by atoms with E-state index in [1.807, 2.05) is 34.6 Å². The standard InChI is InChI=1S/C29H56N2O7/c1-7-23(5)35-21-25(38-26(33)18-14-11-15-19-30)22-36-27(34)28(6,9-3)29(31,10-4)37-20-16-12-13-17-24(32)8-2/h23,25H,7-22,30-31H2,1-6H3. The summed E-state index contributed by atoms with van der Waals surface area (Å²) in [4.78, 5) is 37.2. The van der Waals surface area contributed by atoms with Gasteiger partial charge in [0.05, 0.1) is 12.7 Å². The van der Waals surface area contributed by atoms with Gasteiger partial charge in [0, 0.05) is 25.9 Å². The van der Waals surface area contributed by atoms with Crippen molar-refractivity contribution in [2.45, 2.75) is 137 Å². The minimum absolute atomic E-state index is 0.0114. The van der Waals surface area contributed by atoms with Crippen molar-refractivity contribution in [1.29, 1.82) is 0 Å². The van der Waals surface area contributed by atoms with Gasteiger partial charge in [0.2, 0.25) is 0 Å². The van der Waals surface area contributed by atoms with Crippen LogP contribution in [0.1, 0.15) is 119 Å². The van der Waals surface area contributed by atoms with Crippen molar-refractivity contribution in [3.63, 3.8) is 0 Å². The maximum absolute atomic E-state index is 13.4. The Bertz CT molecular complexity index is 675. The van der Waals surface area contributed by atoms with Crippen LogP contribution in [0.4, 0.5) is 0 Å². The number of ketones is 1. The summed E-state index contributed by atoms with van der Waals surface area (Å²) in [6.45, 7) is 12.3. The Morgan fingerprint density at radius 2 is 1.53 bits per heavy atom. The van der Waals surface area contributed by atoms with Crippen LogP contribution in [0, 0.1) is 5.41 Å². The molecule has 0 aromatic carbocycles. The van der Waals surface area contributed by atoms with Gasteiger partial charge in [-0.05, 0) is 65.3 Å². The highest BCUT2D eigenvalue weighted by atomic mass is 16.6. The lowest BCUT2D eigenvalue weighted by Crippen LogP contribution is -2.60. The number of carbonyl (C=O) groups is 3. The number of hydrogen-bond donors (Lipinski definition) is 2. The highest BCUT2D eigenvalue weighted by molar-refractivity contribution is 5.78. The number of nitrogens with two attached hydrogens (primary N) is 2. The first-order valence-electron chi connectivity index (χ1n) is 14.7. The predicted molar refractivity (Wildman–Crippen MR) is 149 cm³/mol. The van der Waals surface area contributed by atoms with Crippen molar-refractivity contribution in [3.8, 4) is 0 Å². The molecule has 0 radical (unpaired) electrons. The minimum atomic E-state index is -1.22. The van der Waals surface area contributed by atoms with E-state index in [0.717, 1.165) is 38.5 Å². The summed E-state index contributed by atoms with van der Waals surface area (Å²) in [7, 11) is 0. The molecule has 224 valence electrons. The van der Waals surface area contributed by atoms with Crippen LogP contribution in [0.15, 0.2) is 0 Å². The van der Waals surface area contributed by atoms with E-state index in [9.17, 15) is 14.4 Å². The third-order valence-corrected chi connectivity index (χ3v) is 7.40. The van der Waals surface area contributed by atoms with E-state index in [-0.39, 0.29) is 37.5 Å². The zero-order valence-electron chi connectivity index (χ0n) is 25.0. The fourth-order valence-electron chi connectivity index (χ4n) is 3.97. The van der Waals surface area contributed by atoms with Crippen LogP contribution in [-0.2, 0) is 33.3 Å². The summed E-state index contributed by atoms with van der Waals surface area (Å²) in [5.74, 6) is -0.579. The first kappa shape index (κ1) is 36.5. The lowest BCUT2D eigenvalue weighted by molar-refractivity contribution is -0.191. The van der Waals surface area contributed by atoms with Gasteiger partial charge in [-0.15, -0.1) is 0 Å². The molecule has 0 rings (SSSR count). The van der Waals surface area contributed by atoms with Crippen LogP contribution in [0.3, 0.4) is 0 Å². The van der Waals surface area contributed by atoms with Gasteiger partial charge in [0.15, 0.2) is 6.10 Å². The molecule has 4 N–H and O–H groups in total. The van der Waals surface area contributed by atoms with Crippen molar-refractivity contribution < 1.29 is 33.3 Å². The second kappa shape index (κ2) is 20.4. The van der Waals surface area contributed by atoms with Crippen LogP contribution in [-0.4, -0.2) is 62.0 Å². The minimum Gasteiger partial charge on any atom is -0.461 e. The van der Waals surface area contributed by atoms with Crippen LogP contribution in [0.25, 0.3) is 0 Å². The maximum Gasteiger partial charge on any atom is 0.316 e. The van der Waals surface area contributed by atoms with E-state index in [1.54, 1.807) is 6.92 Å². The molecule has 0 aromatic rings. The normalized spacial score (nSPS) is 16.2. The van der Waals surface area contributed by atoms with Gasteiger partial charge in [-0.1, -0.05) is 40.5 Å². The molecule has 0 aliphatic carbocycles. The third kappa shape index (κ3) is 13.5. The Morgan fingerprint density at radius 1 is 0.868 bits per heavy atom. The van der Waals surface area contributed by atoms with E-state index < -0.39 is 23.2 Å². The quantitative estimate of drug-likeness (QED) is 0.0994. The number of ether oxygens (including phenoxy) is 4. The average Bonchev–Trinajstić information content (AvgIpc) is 2.92. The van der Waals surface area contributed by atoms with Crippen molar-refractivity contribution >= 4 is 17.7 Å². The van der Waals surface area contributed by atoms with Gasteiger partial charge < -0.3 is 30.4 Å². The maximum atomic E-state index is 13.4. The van der Waals surface area contributed by atoms with Crippen LogP contribution >= 0.6 is 0 Å². The second-order valence-electron chi connectivity index (χ2n) is 10.3. The third-order valence-electron chi connectivity index (χ3n) is 7.40. The molecule has 9 heteroatoms. The fraction of sp³-hybridized carbons (Fsp3) is 0.897. The summed E-state index contributed by atoms with van der Waals surface area (Å²) in [6.07, 6.45) is 7.18. The molecule has 0 spiro atoms. The molecule has 0 heterocycles. The SMILES string of the molecule is CCC(=O)CCCCCOC(N)(CC)C(C)(CC)C(=O)OCC(COC(C)CC)OC(=O)CCCCCN. The molecule has 0 fully saturated rings. The second-order valence-corrected chi connectivity index (χ2v) is 10.3. The Morgan fingerprint density at radius 3 is 2.11 bits per heavy atom. The first-order valence-corrected chi connectivity index (χ1v) is 14.7. The number of Topliss-reactive ketones (excluding diaryl/α,β-unsaturated/α-hetero) is 1. The molecule has 9 nitrogen and oxygen atoms in total. The Balaban J connectivity index is 5.11. The van der Waals surface area contributed by atoms with Crippen LogP contribution in [0.5, 0.6) is 0 Å². The van der Waals surface area contributed by atoms with E-state index in [4.69, 9.17) is 30.4 Å². The van der Waals surface area contributed by atoms with Gasteiger partial charge in [-0.25, -0.2) is 0 Å². The highest BCUT2D eigenvalue weighted by Crippen LogP contribution is 2.38. The summed E-state index contributed by atoms with van der Waals surface area (Å²) < 4.78 is 23.2. The molecule has 4 atom stereocenters. The van der Waals surface area contributed by atoms with E-state index in [0.29, 0.717) is 45.3 Å². The van der Waals surface area contributed by atoms with Crippen molar-refractivity contribution in [2.75, 3.05) is 26.4 Å². The van der Waals surface area contributed by atoms with Gasteiger partial charge in [-0.3, -0.25) is 14.4 Å². The molecular weight excluding hydrogens is 488 g/mol. The molecule has 0 amide bonds.